The van der Waals surface area contributed by atoms with Crippen molar-refractivity contribution in [2.24, 2.45) is 0 Å². The predicted molar refractivity (Wildman–Crippen MR) is 80.8 cm³/mol. The van der Waals surface area contributed by atoms with E-state index in [0.29, 0.717) is 0 Å². The number of anilines is 1. The van der Waals surface area contributed by atoms with Gasteiger partial charge in [-0.2, -0.15) is 0 Å². The molecular weight excluding hydrogens is 248 g/mol. The summed E-state index contributed by atoms with van der Waals surface area (Å²) in [6, 6.07) is 12.3. The van der Waals surface area contributed by atoms with Gasteiger partial charge in [-0.05, 0) is 43.2 Å². The predicted octanol–water partition coefficient (Wildman–Crippen LogP) is 3.23. The molecule has 0 spiro atoms. The molecule has 1 saturated heterocycles. The van der Waals surface area contributed by atoms with Crippen LogP contribution in [0.15, 0.2) is 42.6 Å². The Morgan fingerprint density at radius 2 is 1.95 bits per heavy atom. The average Bonchev–Trinajstić information content (AvgIpc) is 3.16. The maximum absolute atomic E-state index is 4.61. The Balaban J connectivity index is 1.76. The van der Waals surface area contributed by atoms with Gasteiger partial charge < -0.3 is 9.88 Å². The van der Waals surface area contributed by atoms with Crippen LogP contribution in [-0.4, -0.2) is 28.0 Å². The number of imidazole rings is 1. The first-order valence-electron chi connectivity index (χ1n) is 7.06. The zero-order chi connectivity index (χ0) is 13.4. The number of hydrogen-bond acceptors (Lipinski definition) is 3. The standard InChI is InChI=1S/C16H16N4/c1-2-8-17-14(5-1)16-18-13-7-6-12(11-15(13)19-16)20-9-3-4-10-20/h1-2,5-8,11H,3-4,9-10H2,(H,18,19). The summed E-state index contributed by atoms with van der Waals surface area (Å²) in [6.45, 7) is 2.32. The third-order valence-electron chi connectivity index (χ3n) is 3.84. The van der Waals surface area contributed by atoms with E-state index in [9.17, 15) is 0 Å². The maximum atomic E-state index is 4.61. The van der Waals surface area contributed by atoms with Crippen molar-refractivity contribution in [3.05, 3.63) is 42.6 Å². The van der Waals surface area contributed by atoms with Crippen molar-refractivity contribution < 1.29 is 0 Å². The molecular formula is C16H16N4. The SMILES string of the molecule is c1ccc(-c2nc3ccc(N4CCCC4)cc3[nH]2)nc1. The van der Waals surface area contributed by atoms with Crippen molar-refractivity contribution >= 4 is 16.7 Å². The largest absolute Gasteiger partial charge is 0.371 e. The highest BCUT2D eigenvalue weighted by Crippen LogP contribution is 2.25. The van der Waals surface area contributed by atoms with Gasteiger partial charge in [-0.15, -0.1) is 0 Å². The van der Waals surface area contributed by atoms with Gasteiger partial charge in [0, 0.05) is 25.0 Å². The van der Waals surface area contributed by atoms with E-state index in [4.69, 9.17) is 0 Å². The lowest BCUT2D eigenvalue weighted by Crippen LogP contribution is -2.17. The molecule has 4 rings (SSSR count). The maximum Gasteiger partial charge on any atom is 0.157 e. The third kappa shape index (κ3) is 1.93. The van der Waals surface area contributed by atoms with Gasteiger partial charge in [0.1, 0.15) is 5.69 Å². The van der Waals surface area contributed by atoms with Gasteiger partial charge >= 0.3 is 0 Å². The van der Waals surface area contributed by atoms with Crippen molar-refractivity contribution in [3.63, 3.8) is 0 Å². The topological polar surface area (TPSA) is 44.8 Å². The summed E-state index contributed by atoms with van der Waals surface area (Å²) in [5, 5.41) is 0. The number of nitrogens with one attached hydrogen (secondary N) is 1. The lowest BCUT2D eigenvalue weighted by Gasteiger charge is -2.17. The Labute approximate surface area is 117 Å². The lowest BCUT2D eigenvalue weighted by molar-refractivity contribution is 0.949. The highest BCUT2D eigenvalue weighted by Gasteiger charge is 2.13. The van der Waals surface area contributed by atoms with Gasteiger partial charge in [0.15, 0.2) is 5.82 Å². The van der Waals surface area contributed by atoms with Crippen LogP contribution in [0, 0.1) is 0 Å². The molecule has 0 radical (unpaired) electrons. The van der Waals surface area contributed by atoms with Crippen molar-refractivity contribution in [2.75, 3.05) is 18.0 Å². The lowest BCUT2D eigenvalue weighted by atomic mass is 10.2. The molecule has 3 heterocycles. The molecule has 0 bridgehead atoms. The summed E-state index contributed by atoms with van der Waals surface area (Å²) in [6.07, 6.45) is 4.37. The van der Waals surface area contributed by atoms with E-state index in [1.807, 2.05) is 18.2 Å². The van der Waals surface area contributed by atoms with Crippen molar-refractivity contribution in [1.82, 2.24) is 15.0 Å². The average molecular weight is 264 g/mol. The highest BCUT2D eigenvalue weighted by molar-refractivity contribution is 5.82. The zero-order valence-corrected chi connectivity index (χ0v) is 11.2. The molecule has 100 valence electrons. The number of nitrogens with zero attached hydrogens (tertiary/aromatic N) is 3. The molecule has 4 nitrogen and oxygen atoms in total. The van der Waals surface area contributed by atoms with Gasteiger partial charge in [0.05, 0.1) is 11.0 Å². The normalized spacial score (nSPS) is 15.1. The minimum Gasteiger partial charge on any atom is -0.371 e. The second-order valence-corrected chi connectivity index (χ2v) is 5.20. The molecule has 0 saturated carbocycles. The minimum atomic E-state index is 0.833. The van der Waals surface area contributed by atoms with E-state index in [-0.39, 0.29) is 0 Å². The van der Waals surface area contributed by atoms with Crippen LogP contribution in [-0.2, 0) is 0 Å². The fraction of sp³-hybridized carbons (Fsp3) is 0.250. The van der Waals surface area contributed by atoms with Gasteiger partial charge in [0.2, 0.25) is 0 Å². The van der Waals surface area contributed by atoms with E-state index in [0.717, 1.165) is 35.6 Å². The number of fused-ring (bicyclic) bond motifs is 1. The van der Waals surface area contributed by atoms with E-state index in [2.05, 4.69) is 38.1 Å². The number of aromatic amines is 1. The van der Waals surface area contributed by atoms with Crippen molar-refractivity contribution in [3.8, 4) is 11.5 Å². The first-order chi connectivity index (χ1) is 9.90. The molecule has 1 aliphatic rings. The Morgan fingerprint density at radius 1 is 1.05 bits per heavy atom. The van der Waals surface area contributed by atoms with Gasteiger partial charge in [-0.1, -0.05) is 6.07 Å². The molecule has 0 aliphatic carbocycles. The molecule has 1 aliphatic heterocycles. The third-order valence-corrected chi connectivity index (χ3v) is 3.84. The van der Waals surface area contributed by atoms with Gasteiger partial charge in [-0.3, -0.25) is 4.98 Å². The van der Waals surface area contributed by atoms with Crippen LogP contribution in [0.4, 0.5) is 5.69 Å². The molecule has 0 unspecified atom stereocenters. The molecule has 3 aromatic rings. The van der Waals surface area contributed by atoms with Crippen molar-refractivity contribution in [1.29, 1.82) is 0 Å². The molecule has 1 fully saturated rings. The monoisotopic (exact) mass is 264 g/mol. The Bertz CT molecular complexity index is 727. The van der Waals surface area contributed by atoms with Crippen LogP contribution in [0.2, 0.25) is 0 Å². The number of pyridine rings is 1. The summed E-state index contributed by atoms with van der Waals surface area (Å²) in [7, 11) is 0. The molecule has 20 heavy (non-hydrogen) atoms. The number of H-pyrrole nitrogens is 1. The van der Waals surface area contributed by atoms with Crippen LogP contribution in [0.5, 0.6) is 0 Å². The summed E-state index contributed by atoms with van der Waals surface area (Å²) in [5.74, 6) is 0.833. The van der Waals surface area contributed by atoms with Crippen LogP contribution in [0.1, 0.15) is 12.8 Å². The number of rotatable bonds is 2. The molecule has 0 atom stereocenters. The number of hydrogen-bond donors (Lipinski definition) is 1. The fourth-order valence-electron chi connectivity index (χ4n) is 2.79. The van der Waals surface area contributed by atoms with Gasteiger partial charge in [0.25, 0.3) is 0 Å². The van der Waals surface area contributed by atoms with E-state index in [1.54, 1.807) is 6.20 Å². The highest BCUT2D eigenvalue weighted by atomic mass is 15.1. The molecule has 2 aromatic heterocycles. The summed E-state index contributed by atoms with van der Waals surface area (Å²) >= 11 is 0. The zero-order valence-electron chi connectivity index (χ0n) is 11.2. The van der Waals surface area contributed by atoms with E-state index in [1.165, 1.54) is 18.5 Å². The van der Waals surface area contributed by atoms with Crippen LogP contribution in [0.3, 0.4) is 0 Å². The second kappa shape index (κ2) is 4.63. The first kappa shape index (κ1) is 11.5. The van der Waals surface area contributed by atoms with Crippen molar-refractivity contribution in [2.45, 2.75) is 12.8 Å². The Hall–Kier alpha value is -2.36. The fourth-order valence-corrected chi connectivity index (χ4v) is 2.79. The minimum absolute atomic E-state index is 0.833. The van der Waals surface area contributed by atoms with Crippen LogP contribution in [0.25, 0.3) is 22.6 Å². The van der Waals surface area contributed by atoms with Crippen LogP contribution < -0.4 is 4.90 Å². The number of benzene rings is 1. The number of aromatic nitrogens is 3. The van der Waals surface area contributed by atoms with Gasteiger partial charge in [-0.25, -0.2) is 4.98 Å². The Kier molecular flexibility index (Phi) is 2.66. The molecule has 0 amide bonds. The summed E-state index contributed by atoms with van der Waals surface area (Å²) in [5.41, 5.74) is 4.24. The molecule has 1 aromatic carbocycles. The molecule has 4 heteroatoms. The van der Waals surface area contributed by atoms with E-state index >= 15 is 0 Å². The molecule has 1 N–H and O–H groups in total. The smallest absolute Gasteiger partial charge is 0.157 e. The Morgan fingerprint density at radius 3 is 2.75 bits per heavy atom. The second-order valence-electron chi connectivity index (χ2n) is 5.20. The first-order valence-corrected chi connectivity index (χ1v) is 7.06. The quantitative estimate of drug-likeness (QED) is 0.773. The van der Waals surface area contributed by atoms with Crippen LogP contribution >= 0.6 is 0 Å². The summed E-state index contributed by atoms with van der Waals surface area (Å²) < 4.78 is 0. The summed E-state index contributed by atoms with van der Waals surface area (Å²) in [4.78, 5) is 14.8. The van der Waals surface area contributed by atoms with E-state index < -0.39 is 0 Å².